The summed E-state index contributed by atoms with van der Waals surface area (Å²) in [7, 11) is 0. The van der Waals surface area contributed by atoms with Gasteiger partial charge >= 0.3 is 60.8 Å². The van der Waals surface area contributed by atoms with Gasteiger partial charge in [-0.15, -0.1) is 0 Å². The van der Waals surface area contributed by atoms with Crippen LogP contribution in [-0.2, 0) is 4.79 Å². The van der Waals surface area contributed by atoms with Gasteiger partial charge in [-0.05, 0) is 0 Å². The molecular weight excluding hydrogens is 161 g/mol. The third kappa shape index (κ3) is 98.7. The number of carboxylic acid groups (broad SMARTS) is 1. The average molecular weight is 171 g/mol. The van der Waals surface area contributed by atoms with Crippen LogP contribution in [0.4, 0.5) is 0 Å². The Morgan fingerprint density at radius 2 is 1.62 bits per heavy atom. The number of aliphatic carboxylic acids is 1. The molecular formula is C2H10AlCaMgNO2. The normalized spacial score (nSPS) is 3.75. The first-order valence-corrected chi connectivity index (χ1v) is 1.93. The summed E-state index contributed by atoms with van der Waals surface area (Å²) in [5.74, 6) is -0.833. The summed E-state index contributed by atoms with van der Waals surface area (Å²) < 4.78 is 4.42. The van der Waals surface area contributed by atoms with Crippen LogP contribution in [0.2, 0.25) is 0 Å². The third-order valence-electron chi connectivity index (χ3n) is 0. The van der Waals surface area contributed by atoms with Crippen LogP contribution in [0, 0.1) is 0 Å². The summed E-state index contributed by atoms with van der Waals surface area (Å²) in [4.78, 5) is 9.00. The Balaban J connectivity index is -0.0000000183. The quantitative estimate of drug-likeness (QED) is 0.390. The molecule has 0 aromatic carbocycles. The zero-order valence-electron chi connectivity index (χ0n) is 3.51. The van der Waals surface area contributed by atoms with E-state index in [4.69, 9.17) is 9.90 Å². The summed E-state index contributed by atoms with van der Waals surface area (Å²) >= 11 is 1.92. The standard InChI is InChI=1S/C2H4O2.Al.Ca.Mg.H2N.4H/c1-2(3)4;;;;;;;;/h1H3,(H,3,4);;;;1H2;;;;/q;+1;;;-1;;;;. The first kappa shape index (κ1) is 22.5. The molecule has 2 radical (unpaired) electrons. The van der Waals surface area contributed by atoms with Crippen LogP contribution in [0.3, 0.4) is 0 Å². The number of hydrogen-bond acceptors (Lipinski definition) is 2. The molecule has 0 aliphatic heterocycles. The van der Waals surface area contributed by atoms with Gasteiger partial charge in [0, 0.05) is 6.92 Å². The molecule has 0 unspecified atom stereocenters. The van der Waals surface area contributed by atoms with Gasteiger partial charge < -0.3 is 9.82 Å². The molecule has 6 heteroatoms. The minimum absolute atomic E-state index is 0. The van der Waals surface area contributed by atoms with Crippen molar-refractivity contribution < 1.29 is 9.90 Å². The molecule has 0 fully saturated rings. The minimum Gasteiger partial charge on any atom is -0.428 e. The van der Waals surface area contributed by atoms with Gasteiger partial charge in [-0.25, -0.2) is 0 Å². The molecule has 0 aliphatic carbocycles. The van der Waals surface area contributed by atoms with Crippen molar-refractivity contribution in [1.82, 2.24) is 0 Å². The van der Waals surface area contributed by atoms with Gasteiger partial charge in [-0.1, -0.05) is 0 Å². The Morgan fingerprint density at radius 3 is 1.62 bits per heavy atom. The summed E-state index contributed by atoms with van der Waals surface area (Å²) in [5.41, 5.74) is 0. The van der Waals surface area contributed by atoms with Gasteiger partial charge in [0.1, 0.15) is 0 Å². The molecule has 0 heterocycles. The zero-order valence-corrected chi connectivity index (χ0v) is 4.66. The second-order valence-corrected chi connectivity index (χ2v) is 0.519. The molecule has 3 nitrogen and oxygen atoms in total. The second kappa shape index (κ2) is 23.1. The van der Waals surface area contributed by atoms with Crippen LogP contribution < -0.4 is 4.72 Å². The predicted octanol–water partition coefficient (Wildman–Crippen LogP) is -2.71. The zero-order chi connectivity index (χ0) is 5.58. The fourth-order valence-corrected chi connectivity index (χ4v) is 0. The SMILES string of the molecule is CC(=O)O.[CaH2].[MgH2].[NH2][Al]. The maximum atomic E-state index is 9.00. The van der Waals surface area contributed by atoms with Crippen molar-refractivity contribution in [2.24, 2.45) is 4.72 Å². The number of nitrogens with two attached hydrogens (primary N) is 1. The fourth-order valence-electron chi connectivity index (χ4n) is 0. The molecule has 0 atom stereocenters. The Labute approximate surface area is 103 Å². The smallest absolute Gasteiger partial charge is 0.316 e. The Bertz CT molecular complexity index is 43.0. The molecule has 0 saturated heterocycles. The van der Waals surface area contributed by atoms with E-state index < -0.39 is 5.97 Å². The average Bonchev–Trinajstić information content (AvgIpc) is 1.41. The van der Waals surface area contributed by atoms with Crippen molar-refractivity contribution in [3.63, 3.8) is 0 Å². The predicted molar refractivity (Wildman–Crippen MR) is 40.3 cm³/mol. The van der Waals surface area contributed by atoms with Crippen molar-refractivity contribution in [2.75, 3.05) is 0 Å². The molecule has 0 spiro atoms. The van der Waals surface area contributed by atoms with Crippen molar-refractivity contribution >= 4 is 83.3 Å². The largest absolute Gasteiger partial charge is 0.428 e. The minimum atomic E-state index is -0.833. The maximum Gasteiger partial charge on any atom is 0.316 e. The Hall–Kier alpha value is 1.99. The molecule has 0 aliphatic rings. The van der Waals surface area contributed by atoms with Gasteiger partial charge in [0.25, 0.3) is 5.97 Å². The summed E-state index contributed by atoms with van der Waals surface area (Å²) in [6, 6.07) is 0. The van der Waals surface area contributed by atoms with Crippen LogP contribution in [0.25, 0.3) is 0 Å². The van der Waals surface area contributed by atoms with E-state index in [0.29, 0.717) is 0 Å². The van der Waals surface area contributed by atoms with Crippen molar-refractivity contribution in [2.45, 2.75) is 6.92 Å². The molecule has 3 N–H and O–H groups in total. The van der Waals surface area contributed by atoms with Gasteiger partial charge in [0.05, 0.1) is 0 Å². The molecule has 0 rings (SSSR count). The van der Waals surface area contributed by atoms with Crippen molar-refractivity contribution in [3.8, 4) is 0 Å². The molecule has 0 aromatic heterocycles. The summed E-state index contributed by atoms with van der Waals surface area (Å²) in [6.07, 6.45) is 0. The van der Waals surface area contributed by atoms with Crippen LogP contribution in [0.15, 0.2) is 0 Å². The van der Waals surface area contributed by atoms with Gasteiger partial charge in [-0.3, -0.25) is 4.79 Å². The van der Waals surface area contributed by atoms with E-state index in [2.05, 4.69) is 4.72 Å². The summed E-state index contributed by atoms with van der Waals surface area (Å²) in [6.45, 7) is 1.08. The second-order valence-electron chi connectivity index (χ2n) is 0.519. The number of carboxylic acids is 1. The number of carbonyl (C=O) groups is 1. The van der Waals surface area contributed by atoms with Gasteiger partial charge in [0.2, 0.25) is 16.5 Å². The Kier molecular flexibility index (Phi) is 64.8. The molecule has 0 aromatic rings. The monoisotopic (exact) mass is 171 g/mol. The van der Waals surface area contributed by atoms with Gasteiger partial charge in [-0.2, -0.15) is 0 Å². The van der Waals surface area contributed by atoms with Crippen LogP contribution >= 0.6 is 0 Å². The first-order valence-electron chi connectivity index (χ1n) is 1.26. The Morgan fingerprint density at radius 1 is 1.62 bits per heavy atom. The van der Waals surface area contributed by atoms with Crippen LogP contribution in [0.5, 0.6) is 0 Å². The van der Waals surface area contributed by atoms with E-state index >= 15 is 0 Å². The molecule has 0 bridgehead atoms. The van der Waals surface area contributed by atoms with E-state index in [1.54, 1.807) is 0 Å². The van der Waals surface area contributed by atoms with E-state index in [9.17, 15) is 0 Å². The molecule has 0 amide bonds. The van der Waals surface area contributed by atoms with Crippen molar-refractivity contribution in [1.29, 1.82) is 0 Å². The summed E-state index contributed by atoms with van der Waals surface area (Å²) in [5, 5.41) is 7.42. The number of hydrogen-bond donors (Lipinski definition) is 2. The fraction of sp³-hybridized carbons (Fsp3) is 0.500. The van der Waals surface area contributed by atoms with Crippen molar-refractivity contribution in [3.05, 3.63) is 0 Å². The molecule has 8 heavy (non-hydrogen) atoms. The van der Waals surface area contributed by atoms with E-state index in [1.165, 1.54) is 0 Å². The van der Waals surface area contributed by atoms with Crippen LogP contribution in [-0.4, -0.2) is 88.4 Å². The third-order valence-corrected chi connectivity index (χ3v) is 0. The number of rotatable bonds is 0. The van der Waals surface area contributed by atoms with E-state index in [1.807, 2.05) is 16.5 Å². The van der Waals surface area contributed by atoms with E-state index in [-0.39, 0.29) is 60.8 Å². The molecule has 0 saturated carbocycles. The molecule has 42 valence electrons. The maximum absolute atomic E-state index is 9.00. The van der Waals surface area contributed by atoms with E-state index in [0.717, 1.165) is 6.92 Å². The van der Waals surface area contributed by atoms with Gasteiger partial charge in [0.15, 0.2) is 0 Å². The first-order chi connectivity index (χ1) is 2.73. The van der Waals surface area contributed by atoms with Crippen LogP contribution in [0.1, 0.15) is 6.92 Å². The topological polar surface area (TPSA) is 63.3 Å².